The molecule has 1 unspecified atom stereocenters. The lowest BCUT2D eigenvalue weighted by Crippen LogP contribution is -2.51. The van der Waals surface area contributed by atoms with Crippen molar-refractivity contribution in [2.75, 3.05) is 0 Å². The lowest BCUT2D eigenvalue weighted by molar-refractivity contribution is -0.309. The molecule has 0 radical (unpaired) electrons. The SMILES string of the molecule is CCC(C)(C)C1CCC2(CC1)N=C(c1cc(F)cc(Cl)c1)C(=O)N2C(CCC(C)(C)C)c1ccc(C(=O)NCc2n[nH]c#[n+]2)cc1. The summed E-state index contributed by atoms with van der Waals surface area (Å²) in [6.07, 6.45) is 8.51. The van der Waals surface area contributed by atoms with Crippen LogP contribution in [-0.4, -0.2) is 38.3 Å². The van der Waals surface area contributed by atoms with Crippen LogP contribution < -0.4 is 10.3 Å². The van der Waals surface area contributed by atoms with Gasteiger partial charge in [-0.2, -0.15) is 4.98 Å². The zero-order chi connectivity index (χ0) is 33.3. The minimum atomic E-state index is -0.752. The number of aromatic amines is 1. The number of nitrogens with zero attached hydrogens (tertiary/aromatic N) is 4. The van der Waals surface area contributed by atoms with Crippen molar-refractivity contribution in [1.82, 2.24) is 20.4 Å². The molecule has 2 aromatic carbocycles. The molecule has 0 saturated heterocycles. The monoisotopic (exact) mass is 647 g/mol. The minimum absolute atomic E-state index is 0.0221. The standard InChI is InChI=1S/C36H44ClFN6O2/c1-7-35(5,6)26-12-16-36(17-13-26)42-31(25-18-27(37)20-28(38)19-25)33(46)44(36)29(14-15-34(2,3)4)23-8-10-24(11-9-23)32(45)39-21-30-40-22-41-43-30/h8-11,18-20,26,29H,7,12-17,21H2,1-6H3,(H,39,45)/p+1. The fourth-order valence-electron chi connectivity index (χ4n) is 6.84. The normalized spacial score (nSPS) is 20.9. The highest BCUT2D eigenvalue weighted by molar-refractivity contribution is 6.47. The summed E-state index contributed by atoms with van der Waals surface area (Å²) < 4.78 is 14.6. The first-order valence-electron chi connectivity index (χ1n) is 16.3. The molecule has 2 aliphatic rings. The van der Waals surface area contributed by atoms with Gasteiger partial charge >= 0.3 is 12.2 Å². The van der Waals surface area contributed by atoms with Crippen LogP contribution in [-0.2, 0) is 11.3 Å². The highest BCUT2D eigenvalue weighted by atomic mass is 35.5. The Hall–Kier alpha value is -3.77. The number of H-pyrrole nitrogens is 1. The van der Waals surface area contributed by atoms with Gasteiger partial charge in [-0.25, -0.2) is 4.39 Å². The molecule has 1 fully saturated rings. The van der Waals surface area contributed by atoms with Gasteiger partial charge < -0.3 is 10.2 Å². The number of carbonyl (C=O) groups excluding carboxylic acids is 2. The number of carbonyl (C=O) groups is 2. The summed E-state index contributed by atoms with van der Waals surface area (Å²) in [7, 11) is 0. The largest absolute Gasteiger partial charge is 0.391 e. The predicted molar refractivity (Wildman–Crippen MR) is 176 cm³/mol. The van der Waals surface area contributed by atoms with Crippen LogP contribution in [0.2, 0.25) is 5.02 Å². The third-order valence-electron chi connectivity index (χ3n) is 9.99. The Kier molecular flexibility index (Phi) is 9.60. The zero-order valence-electron chi connectivity index (χ0n) is 27.7. The fourth-order valence-corrected chi connectivity index (χ4v) is 7.06. The van der Waals surface area contributed by atoms with Gasteiger partial charge in [0.2, 0.25) is 0 Å². The molecule has 2 N–H and O–H groups in total. The van der Waals surface area contributed by atoms with E-state index in [1.807, 2.05) is 17.0 Å². The number of amides is 2. The number of benzene rings is 2. The summed E-state index contributed by atoms with van der Waals surface area (Å²) in [5, 5.41) is 9.50. The first kappa shape index (κ1) is 33.6. The Morgan fingerprint density at radius 3 is 2.46 bits per heavy atom. The van der Waals surface area contributed by atoms with E-state index in [4.69, 9.17) is 16.6 Å². The lowest BCUT2D eigenvalue weighted by Gasteiger charge is -2.48. The average Bonchev–Trinajstić information content (AvgIpc) is 3.62. The summed E-state index contributed by atoms with van der Waals surface area (Å²) in [5.41, 5.74) is 1.54. The van der Waals surface area contributed by atoms with Crippen molar-refractivity contribution >= 4 is 29.1 Å². The molecule has 1 aliphatic carbocycles. The summed E-state index contributed by atoms with van der Waals surface area (Å²) in [6, 6.07) is 11.4. The molecule has 3 aromatic rings. The molecule has 8 nitrogen and oxygen atoms in total. The van der Waals surface area contributed by atoms with Gasteiger partial charge in [-0.1, -0.05) is 76.8 Å². The van der Waals surface area contributed by atoms with Crippen molar-refractivity contribution in [3.05, 3.63) is 82.1 Å². The number of aromatic nitrogens is 3. The number of nitrogens with one attached hydrogen (secondary N) is 2. The second-order valence-corrected chi connectivity index (χ2v) is 15.1. The van der Waals surface area contributed by atoms with E-state index in [1.165, 1.54) is 12.1 Å². The molecule has 0 bridgehead atoms. The predicted octanol–water partition coefficient (Wildman–Crippen LogP) is 7.05. The smallest absolute Gasteiger partial charge is 0.340 e. The third-order valence-corrected chi connectivity index (χ3v) is 10.2. The van der Waals surface area contributed by atoms with Gasteiger partial charge in [-0.3, -0.25) is 14.6 Å². The number of hydrogen-bond donors (Lipinski definition) is 2. The molecular formula is C36H45ClFN6O2+. The molecule has 244 valence electrons. The summed E-state index contributed by atoms with van der Waals surface area (Å²) >= 11 is 6.26. The maximum Gasteiger partial charge on any atom is 0.391 e. The van der Waals surface area contributed by atoms with Crippen LogP contribution in [0.15, 0.2) is 47.5 Å². The average molecular weight is 648 g/mol. The number of rotatable bonds is 10. The molecule has 10 heteroatoms. The van der Waals surface area contributed by atoms with Gasteiger partial charge in [-0.15, -0.1) is 0 Å². The Balaban J connectivity index is 1.51. The van der Waals surface area contributed by atoms with Crippen molar-refractivity contribution in [2.45, 2.75) is 105 Å². The zero-order valence-corrected chi connectivity index (χ0v) is 28.5. The van der Waals surface area contributed by atoms with Crippen molar-refractivity contribution in [3.63, 3.8) is 0 Å². The summed E-state index contributed by atoms with van der Waals surface area (Å²) in [5.74, 6) is -0.000236. The molecule has 1 atom stereocenters. The van der Waals surface area contributed by atoms with Crippen LogP contribution in [0, 0.1) is 28.9 Å². The first-order chi connectivity index (χ1) is 21.7. The quantitative estimate of drug-likeness (QED) is 0.246. The van der Waals surface area contributed by atoms with Gasteiger partial charge in [0.15, 0.2) is 0 Å². The molecule has 1 aliphatic heterocycles. The third kappa shape index (κ3) is 7.28. The Morgan fingerprint density at radius 2 is 1.87 bits per heavy atom. The van der Waals surface area contributed by atoms with Crippen LogP contribution in [0.3, 0.4) is 0 Å². The second kappa shape index (κ2) is 13.2. The Labute approximate surface area is 276 Å². The molecule has 5 rings (SSSR count). The Morgan fingerprint density at radius 1 is 1.17 bits per heavy atom. The van der Waals surface area contributed by atoms with Crippen molar-refractivity contribution in [1.29, 1.82) is 0 Å². The van der Waals surface area contributed by atoms with E-state index < -0.39 is 11.5 Å². The van der Waals surface area contributed by atoms with Crippen molar-refractivity contribution < 1.29 is 19.0 Å². The number of hydrogen-bond acceptors (Lipinski definition) is 4. The van der Waals surface area contributed by atoms with Gasteiger partial charge in [-0.05, 0) is 91.2 Å². The van der Waals surface area contributed by atoms with E-state index in [-0.39, 0.29) is 46.0 Å². The van der Waals surface area contributed by atoms with Crippen LogP contribution >= 0.6 is 11.6 Å². The van der Waals surface area contributed by atoms with Gasteiger partial charge in [0.05, 0.1) is 11.1 Å². The number of aliphatic imine (C=N–C) groups is 1. The van der Waals surface area contributed by atoms with E-state index in [0.717, 1.165) is 44.1 Å². The molecule has 46 heavy (non-hydrogen) atoms. The van der Waals surface area contributed by atoms with E-state index in [0.29, 0.717) is 29.3 Å². The molecule has 2 amide bonds. The van der Waals surface area contributed by atoms with Gasteiger partial charge in [0.1, 0.15) is 23.7 Å². The summed E-state index contributed by atoms with van der Waals surface area (Å²) in [4.78, 5) is 38.6. The van der Waals surface area contributed by atoms with E-state index in [9.17, 15) is 14.0 Å². The lowest BCUT2D eigenvalue weighted by atomic mass is 9.67. The van der Waals surface area contributed by atoms with E-state index in [2.05, 4.69) is 68.4 Å². The van der Waals surface area contributed by atoms with Crippen molar-refractivity contribution in [2.24, 2.45) is 21.7 Å². The molecule has 2 heterocycles. The Bertz CT molecular complexity index is 1550. The van der Waals surface area contributed by atoms with Crippen LogP contribution in [0.4, 0.5) is 4.39 Å². The first-order valence-corrected chi connectivity index (χ1v) is 16.6. The molecule has 1 spiro atoms. The molecule has 1 aromatic heterocycles. The maximum absolute atomic E-state index is 14.6. The van der Waals surface area contributed by atoms with Crippen LogP contribution in [0.25, 0.3) is 0 Å². The van der Waals surface area contributed by atoms with Gasteiger partial charge in [0.25, 0.3) is 11.8 Å². The van der Waals surface area contributed by atoms with Crippen LogP contribution in [0.1, 0.15) is 120 Å². The highest BCUT2D eigenvalue weighted by Gasteiger charge is 2.53. The van der Waals surface area contributed by atoms with Crippen LogP contribution in [0.5, 0.6) is 0 Å². The highest BCUT2D eigenvalue weighted by Crippen LogP contribution is 2.51. The number of halogens is 2. The van der Waals surface area contributed by atoms with E-state index in [1.54, 1.807) is 18.2 Å². The van der Waals surface area contributed by atoms with E-state index >= 15 is 0 Å². The minimum Gasteiger partial charge on any atom is -0.340 e. The molecule has 1 saturated carbocycles. The molecular weight excluding hydrogens is 603 g/mol. The summed E-state index contributed by atoms with van der Waals surface area (Å²) in [6.45, 7) is 13.6. The topological polar surface area (TPSA) is 105 Å². The fraction of sp³-hybridized carbons (Fsp3) is 0.528. The second-order valence-electron chi connectivity index (χ2n) is 14.7. The van der Waals surface area contributed by atoms with Crippen molar-refractivity contribution in [3.8, 4) is 0 Å². The maximum atomic E-state index is 14.6. The van der Waals surface area contributed by atoms with Gasteiger partial charge in [0, 0.05) is 16.1 Å².